The Bertz CT molecular complexity index is 1380. The number of hydrogen-bond donors (Lipinski definition) is 1. The van der Waals surface area contributed by atoms with Crippen LogP contribution >= 0.6 is 0 Å². The first-order chi connectivity index (χ1) is 17.0. The molecule has 3 heterocycles. The summed E-state index contributed by atoms with van der Waals surface area (Å²) in [4.78, 5) is 21.9. The van der Waals surface area contributed by atoms with Gasteiger partial charge >= 0.3 is 0 Å². The minimum Gasteiger partial charge on any atom is -0.451 e. The number of para-hydroxylation sites is 1. The molecule has 0 atom stereocenters. The molecule has 0 spiro atoms. The zero-order valence-electron chi connectivity index (χ0n) is 20.1. The van der Waals surface area contributed by atoms with Crippen molar-refractivity contribution < 1.29 is 14.3 Å². The van der Waals surface area contributed by atoms with E-state index in [9.17, 15) is 9.90 Å². The number of fused-ring (bicyclic) bond motifs is 2. The van der Waals surface area contributed by atoms with E-state index in [1.807, 2.05) is 48.5 Å². The zero-order valence-corrected chi connectivity index (χ0v) is 20.1. The van der Waals surface area contributed by atoms with Crippen molar-refractivity contribution in [2.75, 3.05) is 20.1 Å². The number of amides is 1. The molecule has 1 saturated carbocycles. The number of rotatable bonds is 5. The summed E-state index contributed by atoms with van der Waals surface area (Å²) in [5.41, 5.74) is 2.64. The zero-order chi connectivity index (χ0) is 24.0. The molecule has 180 valence electrons. The molecule has 0 bridgehead atoms. The number of aliphatic hydroxyl groups is 1. The van der Waals surface area contributed by atoms with Gasteiger partial charge in [-0.25, -0.2) is 0 Å². The number of hydrogen-bond acceptors (Lipinski definition) is 5. The summed E-state index contributed by atoms with van der Waals surface area (Å²) >= 11 is 0. The average Bonchev–Trinajstić information content (AvgIpc) is 3.28. The van der Waals surface area contributed by atoms with Crippen LogP contribution in [0.5, 0.6) is 0 Å². The molecule has 1 aliphatic carbocycles. The molecule has 1 amide bonds. The van der Waals surface area contributed by atoms with Gasteiger partial charge in [-0.3, -0.25) is 9.78 Å². The van der Waals surface area contributed by atoms with E-state index in [0.29, 0.717) is 23.9 Å². The number of furan rings is 1. The molecule has 1 aliphatic heterocycles. The molecule has 2 fully saturated rings. The molecular formula is C29H31N3O3. The number of carbonyl (C=O) groups is 1. The second-order valence-electron chi connectivity index (χ2n) is 10.2. The highest BCUT2D eigenvalue weighted by Crippen LogP contribution is 2.37. The first-order valence-corrected chi connectivity index (χ1v) is 12.6. The number of pyridine rings is 1. The molecule has 1 N–H and O–H groups in total. The number of nitrogens with zero attached hydrogens (tertiary/aromatic N) is 3. The van der Waals surface area contributed by atoms with Gasteiger partial charge in [0.25, 0.3) is 5.91 Å². The van der Waals surface area contributed by atoms with Gasteiger partial charge in [0.15, 0.2) is 5.76 Å². The van der Waals surface area contributed by atoms with Crippen LogP contribution < -0.4 is 0 Å². The minimum absolute atomic E-state index is 0.178. The fraction of sp³-hybridized carbons (Fsp3) is 0.379. The highest BCUT2D eigenvalue weighted by atomic mass is 16.3. The van der Waals surface area contributed by atoms with Gasteiger partial charge in [0, 0.05) is 49.7 Å². The monoisotopic (exact) mass is 469 g/mol. The van der Waals surface area contributed by atoms with Crippen molar-refractivity contribution in [3.8, 4) is 0 Å². The van der Waals surface area contributed by atoms with Crippen molar-refractivity contribution >= 4 is 27.8 Å². The van der Waals surface area contributed by atoms with Crippen LogP contribution in [-0.2, 0) is 12.1 Å². The van der Waals surface area contributed by atoms with Gasteiger partial charge in [-0.1, -0.05) is 36.8 Å². The van der Waals surface area contributed by atoms with Crippen molar-refractivity contribution in [1.82, 2.24) is 14.8 Å². The van der Waals surface area contributed by atoms with Gasteiger partial charge in [-0.2, -0.15) is 0 Å². The van der Waals surface area contributed by atoms with Crippen molar-refractivity contribution in [2.24, 2.45) is 0 Å². The Kier molecular flexibility index (Phi) is 5.58. The highest BCUT2D eigenvalue weighted by Gasteiger charge is 2.37. The summed E-state index contributed by atoms with van der Waals surface area (Å²) in [5.74, 6) is 0.128. The van der Waals surface area contributed by atoms with Crippen molar-refractivity contribution in [1.29, 1.82) is 0 Å². The molecule has 1 saturated heterocycles. The van der Waals surface area contributed by atoms with E-state index in [-0.39, 0.29) is 5.91 Å². The number of aromatic nitrogens is 1. The highest BCUT2D eigenvalue weighted by molar-refractivity contribution is 5.96. The van der Waals surface area contributed by atoms with Crippen molar-refractivity contribution in [3.05, 3.63) is 77.7 Å². The Morgan fingerprint density at radius 2 is 1.91 bits per heavy atom. The summed E-state index contributed by atoms with van der Waals surface area (Å²) in [6.45, 7) is 2.30. The molecular weight excluding hydrogens is 438 g/mol. The van der Waals surface area contributed by atoms with Gasteiger partial charge in [0.05, 0.1) is 11.1 Å². The van der Waals surface area contributed by atoms with Crippen LogP contribution in [0.25, 0.3) is 21.9 Å². The van der Waals surface area contributed by atoms with Crippen molar-refractivity contribution in [3.63, 3.8) is 0 Å². The lowest BCUT2D eigenvalue weighted by Crippen LogP contribution is -2.49. The van der Waals surface area contributed by atoms with Crippen molar-refractivity contribution in [2.45, 2.75) is 50.3 Å². The lowest BCUT2D eigenvalue weighted by molar-refractivity contribution is -0.0441. The van der Waals surface area contributed by atoms with Crippen LogP contribution in [0.1, 0.15) is 53.8 Å². The first-order valence-electron chi connectivity index (χ1n) is 12.6. The van der Waals surface area contributed by atoms with E-state index in [1.165, 1.54) is 19.3 Å². The van der Waals surface area contributed by atoms with E-state index in [4.69, 9.17) is 4.42 Å². The lowest BCUT2D eigenvalue weighted by atomic mass is 9.81. The molecule has 2 aromatic carbocycles. The molecule has 0 unspecified atom stereocenters. The Morgan fingerprint density at radius 3 is 2.69 bits per heavy atom. The van der Waals surface area contributed by atoms with E-state index in [2.05, 4.69) is 9.88 Å². The Labute approximate surface area is 205 Å². The molecule has 4 aromatic rings. The SMILES string of the molecule is CN(Cc1cccc2cccnc12)C(=O)c1cc2cc(C3(O)CCN(C4CCC4)CC3)ccc2o1. The summed E-state index contributed by atoms with van der Waals surface area (Å²) in [5, 5.41) is 13.3. The van der Waals surface area contributed by atoms with Crippen LogP contribution in [0.4, 0.5) is 0 Å². The maximum absolute atomic E-state index is 13.2. The van der Waals surface area contributed by atoms with E-state index < -0.39 is 5.60 Å². The third kappa shape index (κ3) is 4.11. The minimum atomic E-state index is -0.825. The molecule has 0 radical (unpaired) electrons. The molecule has 6 heteroatoms. The molecule has 2 aromatic heterocycles. The second-order valence-corrected chi connectivity index (χ2v) is 10.2. The van der Waals surface area contributed by atoms with E-state index in [1.54, 1.807) is 24.2 Å². The summed E-state index contributed by atoms with van der Waals surface area (Å²) in [6, 6.07) is 18.3. The predicted molar refractivity (Wildman–Crippen MR) is 136 cm³/mol. The van der Waals surface area contributed by atoms with Crippen LogP contribution in [-0.4, -0.2) is 52.0 Å². The fourth-order valence-corrected chi connectivity index (χ4v) is 5.55. The Morgan fingerprint density at radius 1 is 1.11 bits per heavy atom. The quantitative estimate of drug-likeness (QED) is 0.441. The smallest absolute Gasteiger partial charge is 0.289 e. The Hall–Kier alpha value is -3.22. The van der Waals surface area contributed by atoms with Crippen LogP contribution in [0, 0.1) is 0 Å². The number of benzene rings is 2. The van der Waals surface area contributed by atoms with Crippen LogP contribution in [0.2, 0.25) is 0 Å². The predicted octanol–water partition coefficient (Wildman–Crippen LogP) is 5.09. The van der Waals surface area contributed by atoms with Gasteiger partial charge < -0.3 is 19.3 Å². The number of carbonyl (C=O) groups excluding carboxylic acids is 1. The third-order valence-electron chi connectivity index (χ3n) is 7.95. The largest absolute Gasteiger partial charge is 0.451 e. The summed E-state index contributed by atoms with van der Waals surface area (Å²) in [7, 11) is 1.78. The Balaban J connectivity index is 1.19. The van der Waals surface area contributed by atoms with E-state index >= 15 is 0 Å². The van der Waals surface area contributed by atoms with E-state index in [0.717, 1.165) is 53.3 Å². The average molecular weight is 470 g/mol. The van der Waals surface area contributed by atoms with Gasteiger partial charge in [0.1, 0.15) is 5.58 Å². The standard InChI is InChI=1S/C29H31N3O3/c1-31(19-21-6-2-5-20-7-4-14-30-27(20)21)28(33)26-18-22-17-23(10-11-25(22)35-26)29(34)12-15-32(16-13-29)24-8-3-9-24/h2,4-7,10-11,14,17-18,24,34H,3,8-9,12-13,15-16,19H2,1H3. The molecule has 2 aliphatic rings. The summed E-state index contributed by atoms with van der Waals surface area (Å²) in [6.07, 6.45) is 7.16. The van der Waals surface area contributed by atoms with Gasteiger partial charge in [-0.05, 0) is 61.1 Å². The lowest BCUT2D eigenvalue weighted by Gasteiger charge is -2.45. The topological polar surface area (TPSA) is 69.8 Å². The van der Waals surface area contributed by atoms with Gasteiger partial charge in [-0.15, -0.1) is 0 Å². The number of likely N-dealkylation sites (tertiary alicyclic amines) is 1. The van der Waals surface area contributed by atoms with Crippen LogP contribution in [0.15, 0.2) is 65.2 Å². The third-order valence-corrected chi connectivity index (χ3v) is 7.95. The molecule has 6 nitrogen and oxygen atoms in total. The normalized spacial score (nSPS) is 18.6. The maximum atomic E-state index is 13.2. The van der Waals surface area contributed by atoms with Gasteiger partial charge in [0.2, 0.25) is 0 Å². The number of piperidine rings is 1. The second kappa shape index (κ2) is 8.77. The summed E-state index contributed by atoms with van der Waals surface area (Å²) < 4.78 is 5.93. The fourth-order valence-electron chi connectivity index (χ4n) is 5.55. The maximum Gasteiger partial charge on any atom is 0.289 e. The van der Waals surface area contributed by atoms with Crippen LogP contribution in [0.3, 0.4) is 0 Å². The molecule has 6 rings (SSSR count). The molecule has 35 heavy (non-hydrogen) atoms. The first kappa shape index (κ1) is 22.3.